The Labute approximate surface area is 279 Å². The van der Waals surface area contributed by atoms with Crippen LogP contribution in [0.2, 0.25) is 0 Å². The Balaban J connectivity index is 1.52. The van der Waals surface area contributed by atoms with Crippen molar-refractivity contribution in [3.8, 4) is 0 Å². The summed E-state index contributed by atoms with van der Waals surface area (Å²) < 4.78 is 6.96. The maximum absolute atomic E-state index is 14.0. The molecule has 5 N–H and O–H groups in total. The van der Waals surface area contributed by atoms with Gasteiger partial charge in [0.25, 0.3) is 0 Å². The molecule has 256 valence electrons. The topological polar surface area (TPSA) is 189 Å². The molecule has 3 aromatic rings. The highest BCUT2D eigenvalue weighted by Crippen LogP contribution is 2.29. The molecule has 1 saturated carbocycles. The second-order valence-electron chi connectivity index (χ2n) is 13.0. The number of hydrogen-bond donors (Lipinski definition) is 5. The largest absolute Gasteiger partial charge is 0.444 e. The number of aromatic nitrogens is 6. The van der Waals surface area contributed by atoms with Gasteiger partial charge in [0.1, 0.15) is 17.7 Å². The fourth-order valence-electron chi connectivity index (χ4n) is 5.60. The van der Waals surface area contributed by atoms with E-state index in [4.69, 9.17) is 4.74 Å². The summed E-state index contributed by atoms with van der Waals surface area (Å²) in [5, 5.41) is 32.0. The number of ether oxygens (including phenoxy) is 1. The molecule has 1 fully saturated rings. The molecule has 0 bridgehead atoms. The molecule has 47 heavy (non-hydrogen) atoms. The van der Waals surface area contributed by atoms with E-state index >= 15 is 0 Å². The maximum Gasteiger partial charge on any atom is 0.408 e. The van der Waals surface area contributed by atoms with E-state index in [2.05, 4.69) is 41.4 Å². The van der Waals surface area contributed by atoms with Gasteiger partial charge in [-0.3, -0.25) is 9.59 Å². The minimum absolute atomic E-state index is 0.119. The van der Waals surface area contributed by atoms with Gasteiger partial charge >= 0.3 is 6.09 Å². The van der Waals surface area contributed by atoms with Crippen molar-refractivity contribution in [3.63, 3.8) is 0 Å². The van der Waals surface area contributed by atoms with Gasteiger partial charge in [0.2, 0.25) is 17.0 Å². The van der Waals surface area contributed by atoms with Crippen LogP contribution in [0.3, 0.4) is 0 Å². The normalized spacial score (nSPS) is 16.4. The highest BCUT2D eigenvalue weighted by molar-refractivity contribution is 7.99. The molecule has 15 heteroatoms. The lowest BCUT2D eigenvalue weighted by Crippen LogP contribution is -2.58. The zero-order valence-electron chi connectivity index (χ0n) is 27.5. The molecule has 0 spiro atoms. The fourth-order valence-corrected chi connectivity index (χ4v) is 6.47. The van der Waals surface area contributed by atoms with Gasteiger partial charge < -0.3 is 30.8 Å². The smallest absolute Gasteiger partial charge is 0.408 e. The molecule has 0 saturated heterocycles. The van der Waals surface area contributed by atoms with Crippen molar-refractivity contribution in [2.24, 2.45) is 13.0 Å². The number of amides is 3. The van der Waals surface area contributed by atoms with Crippen LogP contribution in [0.25, 0.3) is 0 Å². The summed E-state index contributed by atoms with van der Waals surface area (Å²) >= 11 is 1.31. The molecule has 1 aliphatic carbocycles. The summed E-state index contributed by atoms with van der Waals surface area (Å²) in [5.41, 5.74) is 0.695. The van der Waals surface area contributed by atoms with Gasteiger partial charge in [-0.1, -0.05) is 74.2 Å². The molecule has 0 radical (unpaired) electrons. The molecule has 14 nitrogen and oxygen atoms in total. The van der Waals surface area contributed by atoms with Crippen molar-refractivity contribution in [2.75, 3.05) is 5.75 Å². The van der Waals surface area contributed by atoms with E-state index in [-0.39, 0.29) is 18.6 Å². The van der Waals surface area contributed by atoms with E-state index < -0.39 is 47.7 Å². The molecular weight excluding hydrogens is 622 g/mol. The first-order valence-electron chi connectivity index (χ1n) is 16.1. The monoisotopic (exact) mass is 669 g/mol. The van der Waals surface area contributed by atoms with Gasteiger partial charge in [-0.05, 0) is 49.1 Å². The molecular formula is C32H47N9O5S. The van der Waals surface area contributed by atoms with Crippen LogP contribution in [0.5, 0.6) is 0 Å². The first kappa shape index (κ1) is 35.9. The highest BCUT2D eigenvalue weighted by atomic mass is 32.2. The quantitative estimate of drug-likeness (QED) is 0.151. The van der Waals surface area contributed by atoms with Crippen LogP contribution in [0.15, 0.2) is 48.0 Å². The van der Waals surface area contributed by atoms with E-state index in [1.54, 1.807) is 34.0 Å². The number of carbonyl (C=O) groups excluding carboxylic acids is 3. The lowest BCUT2D eigenvalue weighted by Gasteiger charge is -2.31. The van der Waals surface area contributed by atoms with Crippen molar-refractivity contribution < 1.29 is 24.2 Å². The number of benzene rings is 1. The van der Waals surface area contributed by atoms with Crippen LogP contribution in [-0.2, 0) is 34.2 Å². The van der Waals surface area contributed by atoms with Gasteiger partial charge in [0.15, 0.2) is 0 Å². The molecule has 3 amide bonds. The lowest BCUT2D eigenvalue weighted by atomic mass is 9.83. The Hall–Kier alpha value is -3.98. The van der Waals surface area contributed by atoms with E-state index in [1.165, 1.54) is 29.2 Å². The number of aliphatic hydroxyl groups is 1. The van der Waals surface area contributed by atoms with Crippen molar-refractivity contribution in [2.45, 2.75) is 107 Å². The van der Waals surface area contributed by atoms with E-state index in [9.17, 15) is 19.5 Å². The summed E-state index contributed by atoms with van der Waals surface area (Å²) in [4.78, 5) is 47.7. The summed E-state index contributed by atoms with van der Waals surface area (Å²) in [6.07, 6.45) is 7.84. The number of carbonyl (C=O) groups is 3. The predicted molar refractivity (Wildman–Crippen MR) is 176 cm³/mol. The summed E-state index contributed by atoms with van der Waals surface area (Å²) in [6.45, 7) is 5.22. The molecule has 1 aromatic carbocycles. The number of nitrogens with one attached hydrogen (secondary N) is 4. The van der Waals surface area contributed by atoms with Crippen molar-refractivity contribution in [1.82, 2.24) is 46.1 Å². The average Bonchev–Trinajstić information content (AvgIpc) is 3.70. The molecule has 1 aliphatic rings. The molecule has 1 unspecified atom stereocenters. The van der Waals surface area contributed by atoms with Crippen molar-refractivity contribution in [1.29, 1.82) is 0 Å². The standard InChI is InChI=1S/C32H47N9O5S/c1-32(2,3)46-31(45)37-25(16-22-13-9-6-10-14-22)28(43)36-26(17-23-18-33-20-34-23)29(44)35-24(15-21-11-7-5-8-12-21)27(42)19-47-30-38-39-40-41(30)4/h6,9-10,13-14,18,20-21,24-27,42H,5,7-8,11-12,15-17,19H2,1-4H3,(H,33,34)(H,35,44)(H,36,43)(H,37,45)/t24-,25-,26-,27?/m0/s1. The second-order valence-corrected chi connectivity index (χ2v) is 14.0. The van der Waals surface area contributed by atoms with Gasteiger partial charge in [-0.25, -0.2) is 14.5 Å². The number of rotatable bonds is 15. The van der Waals surface area contributed by atoms with Crippen LogP contribution < -0.4 is 16.0 Å². The average molecular weight is 670 g/mol. The first-order valence-corrected chi connectivity index (χ1v) is 17.1. The highest BCUT2D eigenvalue weighted by Gasteiger charge is 2.33. The fraction of sp³-hybridized carbons (Fsp3) is 0.594. The van der Waals surface area contributed by atoms with E-state index in [1.807, 2.05) is 30.3 Å². The number of imidazole rings is 1. The molecule has 2 heterocycles. The van der Waals surface area contributed by atoms with E-state index in [0.29, 0.717) is 23.2 Å². The van der Waals surface area contributed by atoms with Crippen LogP contribution >= 0.6 is 11.8 Å². The minimum Gasteiger partial charge on any atom is -0.444 e. The van der Waals surface area contributed by atoms with Crippen molar-refractivity contribution >= 4 is 29.7 Å². The van der Waals surface area contributed by atoms with Gasteiger partial charge in [-0.15, -0.1) is 5.10 Å². The SMILES string of the molecule is Cn1nnnc1SCC(O)[C@H](CC1CCCCC1)NC(=O)[C@H](Cc1cnc[nH]1)NC(=O)[C@H](Cc1ccccc1)NC(=O)OC(C)(C)C. The van der Waals surface area contributed by atoms with Crippen molar-refractivity contribution in [3.05, 3.63) is 54.1 Å². The van der Waals surface area contributed by atoms with Crippen LogP contribution in [-0.4, -0.2) is 88.8 Å². The molecule has 2 aromatic heterocycles. The third kappa shape index (κ3) is 12.0. The van der Waals surface area contributed by atoms with Gasteiger partial charge in [0.05, 0.1) is 18.5 Å². The zero-order valence-corrected chi connectivity index (χ0v) is 28.3. The van der Waals surface area contributed by atoms with Gasteiger partial charge in [0, 0.05) is 37.5 Å². The summed E-state index contributed by atoms with van der Waals surface area (Å²) in [5.74, 6) is -0.371. The number of aromatic amines is 1. The summed E-state index contributed by atoms with van der Waals surface area (Å²) in [7, 11) is 1.72. The number of tetrazole rings is 1. The number of H-pyrrole nitrogens is 1. The lowest BCUT2D eigenvalue weighted by molar-refractivity contribution is -0.130. The van der Waals surface area contributed by atoms with Crippen LogP contribution in [0.1, 0.15) is 70.6 Å². The molecule has 4 rings (SSSR count). The second kappa shape index (κ2) is 17.3. The Bertz CT molecular complexity index is 1410. The number of nitrogens with zero attached hydrogens (tertiary/aromatic N) is 5. The molecule has 0 aliphatic heterocycles. The number of hydrogen-bond acceptors (Lipinski definition) is 10. The van der Waals surface area contributed by atoms with Crippen LogP contribution in [0.4, 0.5) is 4.79 Å². The first-order chi connectivity index (χ1) is 22.5. The summed E-state index contributed by atoms with van der Waals surface area (Å²) in [6, 6.07) is 6.66. The zero-order chi connectivity index (χ0) is 33.8. The Kier molecular flexibility index (Phi) is 13.2. The predicted octanol–water partition coefficient (Wildman–Crippen LogP) is 2.70. The number of aliphatic hydroxyl groups excluding tert-OH is 1. The Morgan fingerprint density at radius 3 is 2.38 bits per heavy atom. The van der Waals surface area contributed by atoms with E-state index in [0.717, 1.165) is 31.2 Å². The third-order valence-corrected chi connectivity index (χ3v) is 9.08. The van der Waals surface area contributed by atoms with Gasteiger partial charge in [-0.2, -0.15) is 0 Å². The molecule has 4 atom stereocenters. The third-order valence-electron chi connectivity index (χ3n) is 7.97. The van der Waals surface area contributed by atoms with Crippen LogP contribution in [0, 0.1) is 5.92 Å². The Morgan fingerprint density at radius 1 is 1.04 bits per heavy atom. The Morgan fingerprint density at radius 2 is 1.74 bits per heavy atom. The number of aryl methyl sites for hydroxylation is 1. The minimum atomic E-state index is -1.03. The maximum atomic E-state index is 14.0. The number of thioether (sulfide) groups is 1. The number of alkyl carbamates (subject to hydrolysis) is 1.